The van der Waals surface area contributed by atoms with Crippen molar-refractivity contribution in [1.29, 1.82) is 0 Å². The summed E-state index contributed by atoms with van der Waals surface area (Å²) in [6.45, 7) is 5.19. The third-order valence-electron chi connectivity index (χ3n) is 5.70. The van der Waals surface area contributed by atoms with Crippen LogP contribution >= 0.6 is 0 Å². The smallest absolute Gasteiger partial charge is 0.255 e. The minimum atomic E-state index is -3.59. The van der Waals surface area contributed by atoms with Crippen LogP contribution in [0.25, 0.3) is 0 Å². The van der Waals surface area contributed by atoms with E-state index in [-0.39, 0.29) is 10.8 Å². The van der Waals surface area contributed by atoms with E-state index in [1.807, 2.05) is 42.5 Å². The Balaban J connectivity index is 1.48. The van der Waals surface area contributed by atoms with Gasteiger partial charge in [0.05, 0.1) is 10.6 Å². The second-order valence-electron chi connectivity index (χ2n) is 8.66. The maximum Gasteiger partial charge on any atom is 0.255 e. The van der Waals surface area contributed by atoms with E-state index in [4.69, 9.17) is 4.74 Å². The first kappa shape index (κ1) is 23.0. The number of sulfonamides is 1. The van der Waals surface area contributed by atoms with Crippen molar-refractivity contribution in [2.24, 2.45) is 11.8 Å². The number of rotatable bonds is 6. The number of amides is 1. The average Bonchev–Trinajstić information content (AvgIpc) is 2.80. The van der Waals surface area contributed by atoms with Crippen LogP contribution in [0.4, 0.5) is 5.69 Å². The number of piperidine rings is 1. The molecule has 0 radical (unpaired) electrons. The molecule has 1 N–H and O–H groups in total. The largest absolute Gasteiger partial charge is 0.455 e. The van der Waals surface area contributed by atoms with Crippen LogP contribution < -0.4 is 10.1 Å². The van der Waals surface area contributed by atoms with Crippen LogP contribution in [0.5, 0.6) is 11.5 Å². The fraction of sp³-hybridized carbons (Fsp3) is 0.269. The highest BCUT2D eigenvalue weighted by molar-refractivity contribution is 7.89. The van der Waals surface area contributed by atoms with Crippen molar-refractivity contribution in [3.8, 4) is 11.5 Å². The van der Waals surface area contributed by atoms with Gasteiger partial charge in [-0.3, -0.25) is 4.79 Å². The predicted molar refractivity (Wildman–Crippen MR) is 129 cm³/mol. The molecule has 33 heavy (non-hydrogen) atoms. The Hall–Kier alpha value is -3.16. The molecular formula is C26H28N2O4S. The second-order valence-corrected chi connectivity index (χ2v) is 10.6. The fourth-order valence-electron chi connectivity index (χ4n) is 4.20. The molecule has 6 nitrogen and oxygen atoms in total. The highest BCUT2D eigenvalue weighted by Gasteiger charge is 2.31. The molecule has 0 saturated carbocycles. The van der Waals surface area contributed by atoms with E-state index in [0.717, 1.165) is 6.42 Å². The number of hydrogen-bond donors (Lipinski definition) is 1. The van der Waals surface area contributed by atoms with E-state index in [1.165, 1.54) is 12.1 Å². The molecule has 1 fully saturated rings. The normalized spacial score (nSPS) is 19.1. The lowest BCUT2D eigenvalue weighted by Crippen LogP contribution is -2.42. The van der Waals surface area contributed by atoms with Crippen LogP contribution in [-0.4, -0.2) is 31.7 Å². The summed E-state index contributed by atoms with van der Waals surface area (Å²) in [6, 6.07) is 22.6. The van der Waals surface area contributed by atoms with Gasteiger partial charge in [0.2, 0.25) is 10.0 Å². The molecule has 0 aliphatic carbocycles. The molecule has 1 amide bonds. The van der Waals surface area contributed by atoms with Crippen molar-refractivity contribution < 1.29 is 17.9 Å². The van der Waals surface area contributed by atoms with Gasteiger partial charge in [-0.05, 0) is 66.8 Å². The van der Waals surface area contributed by atoms with Gasteiger partial charge in [-0.25, -0.2) is 8.42 Å². The number of carbonyl (C=O) groups is 1. The van der Waals surface area contributed by atoms with Crippen LogP contribution in [0.1, 0.15) is 30.6 Å². The third-order valence-corrected chi connectivity index (χ3v) is 7.54. The Labute approximate surface area is 195 Å². The van der Waals surface area contributed by atoms with E-state index < -0.39 is 10.0 Å². The van der Waals surface area contributed by atoms with E-state index in [1.54, 1.807) is 28.6 Å². The number of hydrogen-bond acceptors (Lipinski definition) is 4. The molecule has 2 atom stereocenters. The molecule has 0 aromatic heterocycles. The first-order valence-corrected chi connectivity index (χ1v) is 12.5. The SMILES string of the molecule is CC1CC(C)CN(S(=O)(=O)c2ccc(C(=O)Nc3ccccc3Oc3ccccc3)cc2)C1. The van der Waals surface area contributed by atoms with Gasteiger partial charge in [0.15, 0.2) is 5.75 Å². The number of nitrogens with zero attached hydrogens (tertiary/aromatic N) is 1. The van der Waals surface area contributed by atoms with Crippen molar-refractivity contribution in [3.63, 3.8) is 0 Å². The summed E-state index contributed by atoms with van der Waals surface area (Å²) in [6.07, 6.45) is 1.03. The Morgan fingerprint density at radius 1 is 0.879 bits per heavy atom. The molecule has 1 aliphatic rings. The maximum atomic E-state index is 13.1. The van der Waals surface area contributed by atoms with E-state index >= 15 is 0 Å². The van der Waals surface area contributed by atoms with Crippen LogP contribution in [0.15, 0.2) is 83.8 Å². The summed E-state index contributed by atoms with van der Waals surface area (Å²) >= 11 is 0. The zero-order valence-electron chi connectivity index (χ0n) is 18.8. The molecule has 172 valence electrons. The first-order chi connectivity index (χ1) is 15.8. The van der Waals surface area contributed by atoms with Crippen LogP contribution in [0, 0.1) is 11.8 Å². The van der Waals surface area contributed by atoms with Crippen molar-refractivity contribution in [2.75, 3.05) is 18.4 Å². The highest BCUT2D eigenvalue weighted by atomic mass is 32.2. The topological polar surface area (TPSA) is 75.7 Å². The number of ether oxygens (including phenoxy) is 1. The van der Waals surface area contributed by atoms with Gasteiger partial charge in [0, 0.05) is 18.7 Å². The molecular weight excluding hydrogens is 436 g/mol. The highest BCUT2D eigenvalue weighted by Crippen LogP contribution is 2.30. The van der Waals surface area contributed by atoms with Gasteiger partial charge in [0.25, 0.3) is 5.91 Å². The lowest BCUT2D eigenvalue weighted by Gasteiger charge is -2.34. The van der Waals surface area contributed by atoms with E-state index in [0.29, 0.717) is 47.7 Å². The number of nitrogens with one attached hydrogen (secondary N) is 1. The lowest BCUT2D eigenvalue weighted by molar-refractivity contribution is 0.102. The van der Waals surface area contributed by atoms with Crippen molar-refractivity contribution in [1.82, 2.24) is 4.31 Å². The number of carbonyl (C=O) groups excluding carboxylic acids is 1. The first-order valence-electron chi connectivity index (χ1n) is 11.1. The fourth-order valence-corrected chi connectivity index (χ4v) is 5.88. The van der Waals surface area contributed by atoms with E-state index in [9.17, 15) is 13.2 Å². The van der Waals surface area contributed by atoms with Gasteiger partial charge in [-0.2, -0.15) is 4.31 Å². The molecule has 3 aromatic rings. The monoisotopic (exact) mass is 464 g/mol. The summed E-state index contributed by atoms with van der Waals surface area (Å²) in [7, 11) is -3.59. The molecule has 0 bridgehead atoms. The molecule has 0 spiro atoms. The molecule has 1 saturated heterocycles. The minimum absolute atomic E-state index is 0.202. The van der Waals surface area contributed by atoms with Crippen molar-refractivity contribution >= 4 is 21.6 Å². The van der Waals surface area contributed by atoms with Crippen LogP contribution in [0.3, 0.4) is 0 Å². The van der Waals surface area contributed by atoms with Gasteiger partial charge in [-0.15, -0.1) is 0 Å². The summed E-state index contributed by atoms with van der Waals surface area (Å²) in [5, 5.41) is 2.86. The summed E-state index contributed by atoms with van der Waals surface area (Å²) in [4.78, 5) is 13.0. The lowest BCUT2D eigenvalue weighted by atomic mass is 9.94. The second kappa shape index (κ2) is 9.77. The third kappa shape index (κ3) is 5.43. The molecule has 3 aromatic carbocycles. The average molecular weight is 465 g/mol. The quantitative estimate of drug-likeness (QED) is 0.530. The van der Waals surface area contributed by atoms with Gasteiger partial charge in [0.1, 0.15) is 5.75 Å². The summed E-state index contributed by atoms with van der Waals surface area (Å²) in [5.41, 5.74) is 0.892. The number of benzene rings is 3. The Morgan fingerprint density at radius 3 is 2.15 bits per heavy atom. The summed E-state index contributed by atoms with van der Waals surface area (Å²) in [5.74, 6) is 1.49. The van der Waals surface area contributed by atoms with E-state index in [2.05, 4.69) is 19.2 Å². The number of para-hydroxylation sites is 3. The maximum absolute atomic E-state index is 13.1. The molecule has 1 heterocycles. The van der Waals surface area contributed by atoms with Crippen molar-refractivity contribution in [2.45, 2.75) is 25.2 Å². The van der Waals surface area contributed by atoms with Crippen LogP contribution in [-0.2, 0) is 10.0 Å². The predicted octanol–water partition coefficient (Wildman–Crippen LogP) is 5.40. The zero-order chi connectivity index (χ0) is 23.4. The summed E-state index contributed by atoms with van der Waals surface area (Å²) < 4.78 is 33.6. The Bertz CT molecular complexity index is 1200. The number of anilines is 1. The Morgan fingerprint density at radius 2 is 1.48 bits per heavy atom. The minimum Gasteiger partial charge on any atom is -0.455 e. The van der Waals surface area contributed by atoms with Gasteiger partial charge in [-0.1, -0.05) is 44.2 Å². The molecule has 4 rings (SSSR count). The Kier molecular flexibility index (Phi) is 6.81. The standard InChI is InChI=1S/C26H28N2O4S/c1-19-16-20(2)18-28(17-19)33(30,31)23-14-12-21(13-15-23)26(29)27-24-10-6-7-11-25(24)32-22-8-4-3-5-9-22/h3-15,19-20H,16-18H2,1-2H3,(H,27,29). The zero-order valence-corrected chi connectivity index (χ0v) is 19.6. The van der Waals surface area contributed by atoms with Gasteiger partial charge < -0.3 is 10.1 Å². The van der Waals surface area contributed by atoms with Crippen molar-refractivity contribution in [3.05, 3.63) is 84.4 Å². The van der Waals surface area contributed by atoms with Gasteiger partial charge >= 0.3 is 0 Å². The molecule has 1 aliphatic heterocycles. The molecule has 7 heteroatoms. The van der Waals surface area contributed by atoms with Crippen LogP contribution in [0.2, 0.25) is 0 Å². The molecule has 2 unspecified atom stereocenters.